The molecule has 0 saturated heterocycles. The fourth-order valence-electron chi connectivity index (χ4n) is 1.68. The van der Waals surface area contributed by atoms with E-state index in [1.165, 1.54) is 12.8 Å². The third-order valence-electron chi connectivity index (χ3n) is 3.45. The average Bonchev–Trinajstić information content (AvgIpc) is 2.28. The van der Waals surface area contributed by atoms with Crippen molar-refractivity contribution < 1.29 is 9.53 Å². The number of rotatable bonds is 10. The normalized spacial score (nSPS) is 11.9. The molecular weight excluding hydrogens is 226 g/mol. The van der Waals surface area contributed by atoms with Gasteiger partial charge in [-0.2, -0.15) is 0 Å². The molecule has 0 unspecified atom stereocenters. The van der Waals surface area contributed by atoms with E-state index in [-0.39, 0.29) is 5.97 Å². The van der Waals surface area contributed by atoms with E-state index in [1.54, 1.807) is 0 Å². The summed E-state index contributed by atoms with van der Waals surface area (Å²) in [5.41, 5.74) is 0.426. The molecule has 3 nitrogen and oxygen atoms in total. The Morgan fingerprint density at radius 1 is 1.17 bits per heavy atom. The Bertz CT molecular complexity index is 225. The zero-order valence-electron chi connectivity index (χ0n) is 12.9. The number of unbranched alkanes of at least 4 members (excludes halogenated alkanes) is 1. The second kappa shape index (κ2) is 9.37. The first kappa shape index (κ1) is 17.4. The lowest BCUT2D eigenvalue weighted by atomic mass is 9.85. The van der Waals surface area contributed by atoms with E-state index in [1.807, 2.05) is 14.1 Å². The maximum absolute atomic E-state index is 11.4. The molecule has 0 aliphatic rings. The Labute approximate surface area is 113 Å². The van der Waals surface area contributed by atoms with Gasteiger partial charge in [-0.3, -0.25) is 4.79 Å². The lowest BCUT2D eigenvalue weighted by Gasteiger charge is -2.22. The zero-order valence-corrected chi connectivity index (χ0v) is 12.9. The number of hydrogen-bond donors (Lipinski definition) is 0. The largest absolute Gasteiger partial charge is 0.466 e. The van der Waals surface area contributed by atoms with Crippen LogP contribution >= 0.6 is 0 Å². The molecule has 108 valence electrons. The number of hydrogen-bond acceptors (Lipinski definition) is 3. The minimum absolute atomic E-state index is 0.0494. The van der Waals surface area contributed by atoms with Gasteiger partial charge in [0, 0.05) is 6.42 Å². The van der Waals surface area contributed by atoms with Crippen LogP contribution in [0.5, 0.6) is 0 Å². The van der Waals surface area contributed by atoms with Crippen LogP contribution in [-0.2, 0) is 9.53 Å². The molecule has 0 radical (unpaired) electrons. The van der Waals surface area contributed by atoms with E-state index in [4.69, 9.17) is 4.74 Å². The van der Waals surface area contributed by atoms with Crippen LogP contribution in [0.1, 0.15) is 59.3 Å². The van der Waals surface area contributed by atoms with Gasteiger partial charge in [0.2, 0.25) is 0 Å². The molecule has 0 N–H and O–H groups in total. The van der Waals surface area contributed by atoms with E-state index >= 15 is 0 Å². The number of ether oxygens (including phenoxy) is 1. The summed E-state index contributed by atoms with van der Waals surface area (Å²) in [4.78, 5) is 13.5. The standard InChI is InChI=1S/C15H31NO2/c1-6-15(2,3)11-7-8-13-18-14(17)10-9-12-16(4)5/h6-13H2,1-5H3. The highest BCUT2D eigenvalue weighted by molar-refractivity contribution is 5.69. The third-order valence-corrected chi connectivity index (χ3v) is 3.45. The highest BCUT2D eigenvalue weighted by Crippen LogP contribution is 2.26. The van der Waals surface area contributed by atoms with Crippen LogP contribution < -0.4 is 0 Å². The van der Waals surface area contributed by atoms with Crippen molar-refractivity contribution in [2.24, 2.45) is 5.41 Å². The van der Waals surface area contributed by atoms with Crippen molar-refractivity contribution in [3.63, 3.8) is 0 Å². The van der Waals surface area contributed by atoms with Crippen LogP contribution in [0.25, 0.3) is 0 Å². The molecule has 3 heteroatoms. The van der Waals surface area contributed by atoms with E-state index < -0.39 is 0 Å². The molecule has 0 aliphatic heterocycles. The Hall–Kier alpha value is -0.570. The topological polar surface area (TPSA) is 29.5 Å². The van der Waals surface area contributed by atoms with Crippen LogP contribution in [0.15, 0.2) is 0 Å². The van der Waals surface area contributed by atoms with E-state index in [0.29, 0.717) is 18.4 Å². The summed E-state index contributed by atoms with van der Waals surface area (Å²) in [6, 6.07) is 0. The van der Waals surface area contributed by atoms with Crippen LogP contribution in [0.4, 0.5) is 0 Å². The van der Waals surface area contributed by atoms with Gasteiger partial charge in [0.05, 0.1) is 6.61 Å². The summed E-state index contributed by atoms with van der Waals surface area (Å²) in [6.45, 7) is 8.34. The van der Waals surface area contributed by atoms with Gasteiger partial charge < -0.3 is 9.64 Å². The van der Waals surface area contributed by atoms with Crippen molar-refractivity contribution in [2.45, 2.75) is 59.3 Å². The summed E-state index contributed by atoms with van der Waals surface area (Å²) in [7, 11) is 4.03. The van der Waals surface area contributed by atoms with Crippen LogP contribution in [0.2, 0.25) is 0 Å². The first-order chi connectivity index (χ1) is 8.37. The molecule has 0 aliphatic carbocycles. The minimum atomic E-state index is -0.0494. The Kier molecular flexibility index (Phi) is 9.08. The maximum Gasteiger partial charge on any atom is 0.305 e. The highest BCUT2D eigenvalue weighted by Gasteiger charge is 2.13. The van der Waals surface area contributed by atoms with Crippen LogP contribution in [-0.4, -0.2) is 38.1 Å². The molecule has 0 atom stereocenters. The summed E-state index contributed by atoms with van der Waals surface area (Å²) in [5, 5.41) is 0. The first-order valence-corrected chi connectivity index (χ1v) is 7.18. The van der Waals surface area contributed by atoms with Gasteiger partial charge in [-0.25, -0.2) is 0 Å². The predicted molar refractivity (Wildman–Crippen MR) is 76.7 cm³/mol. The monoisotopic (exact) mass is 257 g/mol. The van der Waals surface area contributed by atoms with Crippen LogP contribution in [0, 0.1) is 5.41 Å². The Morgan fingerprint density at radius 3 is 2.39 bits per heavy atom. The molecule has 0 aromatic heterocycles. The predicted octanol–water partition coefficient (Wildman–Crippen LogP) is 3.48. The molecule has 18 heavy (non-hydrogen) atoms. The molecule has 0 heterocycles. The second-order valence-electron chi connectivity index (χ2n) is 6.10. The Morgan fingerprint density at radius 2 is 1.83 bits per heavy atom. The summed E-state index contributed by atoms with van der Waals surface area (Å²) >= 11 is 0. The first-order valence-electron chi connectivity index (χ1n) is 7.18. The van der Waals surface area contributed by atoms with Gasteiger partial charge in [0.15, 0.2) is 0 Å². The summed E-state index contributed by atoms with van der Waals surface area (Å²) in [5.74, 6) is -0.0494. The van der Waals surface area contributed by atoms with Crippen molar-refractivity contribution in [3.05, 3.63) is 0 Å². The molecule has 0 fully saturated rings. The fourth-order valence-corrected chi connectivity index (χ4v) is 1.68. The summed E-state index contributed by atoms with van der Waals surface area (Å²) < 4.78 is 5.21. The minimum Gasteiger partial charge on any atom is -0.466 e. The van der Waals surface area contributed by atoms with Crippen molar-refractivity contribution in [2.75, 3.05) is 27.2 Å². The highest BCUT2D eigenvalue weighted by atomic mass is 16.5. The molecule has 0 amide bonds. The van der Waals surface area contributed by atoms with E-state index in [9.17, 15) is 4.79 Å². The molecule has 0 spiro atoms. The van der Waals surface area contributed by atoms with Gasteiger partial charge in [-0.05, 0) is 51.7 Å². The molecule has 0 aromatic carbocycles. The van der Waals surface area contributed by atoms with E-state index in [2.05, 4.69) is 25.7 Å². The van der Waals surface area contributed by atoms with Crippen LogP contribution in [0.3, 0.4) is 0 Å². The molecule has 0 rings (SSSR count). The number of carbonyl (C=O) groups excluding carboxylic acids is 1. The van der Waals surface area contributed by atoms with Gasteiger partial charge in [0.25, 0.3) is 0 Å². The quantitative estimate of drug-likeness (QED) is 0.443. The van der Waals surface area contributed by atoms with Gasteiger partial charge >= 0.3 is 5.97 Å². The third kappa shape index (κ3) is 10.6. The van der Waals surface area contributed by atoms with Gasteiger partial charge in [0.1, 0.15) is 0 Å². The Balaban J connectivity index is 3.41. The second-order valence-corrected chi connectivity index (χ2v) is 6.10. The summed E-state index contributed by atoms with van der Waals surface area (Å²) in [6.07, 6.45) is 5.97. The molecule has 0 aromatic rings. The maximum atomic E-state index is 11.4. The fraction of sp³-hybridized carbons (Fsp3) is 0.933. The van der Waals surface area contributed by atoms with E-state index in [0.717, 1.165) is 25.8 Å². The SMILES string of the molecule is CCC(C)(C)CCCCOC(=O)CCCN(C)C. The number of esters is 1. The van der Waals surface area contributed by atoms with Gasteiger partial charge in [-0.15, -0.1) is 0 Å². The smallest absolute Gasteiger partial charge is 0.305 e. The molecule has 0 bridgehead atoms. The number of carbonyl (C=O) groups is 1. The van der Waals surface area contributed by atoms with Crippen molar-refractivity contribution in [3.8, 4) is 0 Å². The van der Waals surface area contributed by atoms with Gasteiger partial charge in [-0.1, -0.05) is 27.2 Å². The molecule has 0 saturated carbocycles. The van der Waals surface area contributed by atoms with Crippen molar-refractivity contribution in [1.29, 1.82) is 0 Å². The average molecular weight is 257 g/mol. The van der Waals surface area contributed by atoms with Crippen molar-refractivity contribution in [1.82, 2.24) is 4.90 Å². The number of nitrogens with zero attached hydrogens (tertiary/aromatic N) is 1. The van der Waals surface area contributed by atoms with Crippen molar-refractivity contribution >= 4 is 5.97 Å². The zero-order chi connectivity index (χ0) is 14.0. The lowest BCUT2D eigenvalue weighted by Crippen LogP contribution is -2.15. The molecular formula is C15H31NO2. The lowest BCUT2D eigenvalue weighted by molar-refractivity contribution is -0.143.